The molecule has 0 saturated heterocycles. The van der Waals surface area contributed by atoms with Gasteiger partial charge in [0.2, 0.25) is 6.08 Å². The number of nitrogens with zero attached hydrogens (tertiary/aromatic N) is 1. The standard InChI is InChI=1S/C2H2NO/c1-3-2-4/h1H2/i4+2. The topological polar surface area (TPSA) is 29.4 Å². The number of hydrogen-bond donors (Lipinski definition) is 0. The highest BCUT2D eigenvalue weighted by Crippen LogP contribution is 1.36. The van der Waals surface area contributed by atoms with Crippen LogP contribution in [0.4, 0.5) is 0 Å². The summed E-state index contributed by atoms with van der Waals surface area (Å²) in [5, 5.41) is 0. The molecule has 0 aromatic rings. The van der Waals surface area contributed by atoms with Crippen molar-refractivity contribution in [2.24, 2.45) is 4.99 Å². The fourth-order valence-corrected chi connectivity index (χ4v) is 0. The number of rotatable bonds is 0. The van der Waals surface area contributed by atoms with Crippen LogP contribution in [-0.4, -0.2) is 6.08 Å². The first-order valence-electron chi connectivity index (χ1n) is 0.744. The van der Waals surface area contributed by atoms with Crippen molar-refractivity contribution in [2.75, 3.05) is 0 Å². The van der Waals surface area contributed by atoms with E-state index in [4.69, 9.17) is 4.79 Å². The summed E-state index contributed by atoms with van der Waals surface area (Å²) < 4.78 is 0. The van der Waals surface area contributed by atoms with E-state index in [9.17, 15) is 0 Å². The Kier molecular flexibility index (Phi) is 2.01. The SMILES string of the molecule is [CH2]N=C=[18O]. The summed E-state index contributed by atoms with van der Waals surface area (Å²) in [6, 6.07) is 0. The Morgan fingerprint density at radius 2 is 2.25 bits per heavy atom. The lowest BCUT2D eigenvalue weighted by molar-refractivity contribution is 0.565. The number of isocyanates is 1. The van der Waals surface area contributed by atoms with Crippen molar-refractivity contribution < 1.29 is 4.79 Å². The van der Waals surface area contributed by atoms with Crippen LogP contribution in [0.1, 0.15) is 0 Å². The summed E-state index contributed by atoms with van der Waals surface area (Å²) in [6.07, 6.45) is 1.19. The van der Waals surface area contributed by atoms with Gasteiger partial charge in [-0.25, -0.2) is 9.79 Å². The lowest BCUT2D eigenvalue weighted by Gasteiger charge is -1.35. The van der Waals surface area contributed by atoms with Gasteiger partial charge in [0.05, 0.1) is 7.05 Å². The lowest BCUT2D eigenvalue weighted by Crippen LogP contribution is -1.32. The molecule has 0 aliphatic carbocycles. The molecule has 0 aliphatic heterocycles. The van der Waals surface area contributed by atoms with E-state index in [0.717, 1.165) is 0 Å². The van der Waals surface area contributed by atoms with E-state index in [0.29, 0.717) is 0 Å². The van der Waals surface area contributed by atoms with Gasteiger partial charge in [0.15, 0.2) is 0 Å². The summed E-state index contributed by atoms with van der Waals surface area (Å²) in [5.41, 5.74) is 0. The predicted octanol–water partition coefficient (Wildman–Crippen LogP) is 0.114. The molecule has 0 aromatic carbocycles. The Morgan fingerprint density at radius 3 is 2.25 bits per heavy atom. The van der Waals surface area contributed by atoms with Crippen molar-refractivity contribution in [3.05, 3.63) is 7.05 Å². The van der Waals surface area contributed by atoms with Crippen LogP contribution in [0.3, 0.4) is 0 Å². The second kappa shape index (κ2) is 2.38. The summed E-state index contributed by atoms with van der Waals surface area (Å²) in [7, 11) is 2.81. The Hall–Kier alpha value is -0.620. The molecule has 0 rings (SSSR count). The first-order chi connectivity index (χ1) is 1.91. The Bertz CT molecular complexity index is 44.0. The van der Waals surface area contributed by atoms with Crippen LogP contribution in [-0.2, 0) is 4.79 Å². The molecular weight excluding hydrogens is 56.0 g/mol. The molecule has 0 heterocycles. The van der Waals surface area contributed by atoms with Gasteiger partial charge >= 0.3 is 0 Å². The summed E-state index contributed by atoms with van der Waals surface area (Å²) >= 11 is 0. The van der Waals surface area contributed by atoms with Gasteiger partial charge in [-0.15, -0.1) is 0 Å². The summed E-state index contributed by atoms with van der Waals surface area (Å²) in [6.45, 7) is 0. The molecule has 0 amide bonds. The normalized spacial score (nSPS) is 4.25. The second-order valence-electron chi connectivity index (χ2n) is 0.249. The Morgan fingerprint density at radius 1 is 2.00 bits per heavy atom. The minimum absolute atomic E-state index is 1.19. The molecule has 0 fully saturated rings. The van der Waals surface area contributed by atoms with Crippen molar-refractivity contribution in [1.29, 1.82) is 0 Å². The number of hydrogen-bond acceptors (Lipinski definition) is 2. The smallest absolute Gasteiger partial charge is 0.211 e. The van der Waals surface area contributed by atoms with E-state index in [1.54, 1.807) is 0 Å². The largest absolute Gasteiger partial charge is 0.235 e. The summed E-state index contributed by atoms with van der Waals surface area (Å²) in [4.78, 5) is 11.5. The van der Waals surface area contributed by atoms with Gasteiger partial charge in [-0.1, -0.05) is 0 Å². The van der Waals surface area contributed by atoms with Gasteiger partial charge in [-0.3, -0.25) is 0 Å². The zero-order chi connectivity index (χ0) is 3.41. The molecule has 0 spiro atoms. The van der Waals surface area contributed by atoms with Gasteiger partial charge < -0.3 is 0 Å². The first kappa shape index (κ1) is 3.38. The fraction of sp³-hybridized carbons (Fsp3) is 0. The molecule has 2 heteroatoms. The lowest BCUT2D eigenvalue weighted by atomic mass is 11.4. The van der Waals surface area contributed by atoms with Gasteiger partial charge in [0.1, 0.15) is 0 Å². The van der Waals surface area contributed by atoms with Crippen LogP contribution in [0.2, 0.25) is 0 Å². The maximum absolute atomic E-state index is 8.82. The zero-order valence-corrected chi connectivity index (χ0v) is 2.06. The molecule has 0 aliphatic rings. The van der Waals surface area contributed by atoms with Crippen LogP contribution in [0.5, 0.6) is 0 Å². The minimum atomic E-state index is 1.19. The number of aliphatic imine (C=N–C) groups is 1. The molecule has 0 aromatic heterocycles. The first-order valence-corrected chi connectivity index (χ1v) is 0.744. The monoisotopic (exact) mass is 58.0 g/mol. The highest BCUT2D eigenvalue weighted by atomic mass is 18.1. The van der Waals surface area contributed by atoms with E-state index >= 15 is 0 Å². The molecule has 0 atom stereocenters. The molecule has 4 heavy (non-hydrogen) atoms. The van der Waals surface area contributed by atoms with Crippen LogP contribution in [0.25, 0.3) is 0 Å². The highest BCUT2D eigenvalue weighted by Gasteiger charge is 1.30. The van der Waals surface area contributed by atoms with E-state index in [1.807, 2.05) is 0 Å². The van der Waals surface area contributed by atoms with Crippen molar-refractivity contribution >= 4 is 6.08 Å². The minimum Gasteiger partial charge on any atom is -0.211 e. The Labute approximate surface area is 24.2 Å². The molecule has 2 nitrogen and oxygen atoms in total. The zero-order valence-electron chi connectivity index (χ0n) is 2.06. The van der Waals surface area contributed by atoms with Crippen LogP contribution in [0.15, 0.2) is 4.99 Å². The molecule has 0 saturated carbocycles. The maximum atomic E-state index is 8.82. The van der Waals surface area contributed by atoms with Crippen LogP contribution in [0, 0.1) is 7.05 Å². The molecule has 0 unspecified atom stereocenters. The van der Waals surface area contributed by atoms with Gasteiger partial charge in [-0.2, -0.15) is 0 Å². The third-order valence-corrected chi connectivity index (χ3v) is 0.0645. The maximum Gasteiger partial charge on any atom is 0.235 e. The Balaban J connectivity index is 3.11. The van der Waals surface area contributed by atoms with Gasteiger partial charge in [0.25, 0.3) is 0 Å². The quantitative estimate of drug-likeness (QED) is 0.221. The third-order valence-electron chi connectivity index (χ3n) is 0.0645. The fourth-order valence-electron chi connectivity index (χ4n) is 0. The van der Waals surface area contributed by atoms with Crippen molar-refractivity contribution in [3.8, 4) is 0 Å². The third kappa shape index (κ3) is 1.38. The molecule has 0 N–H and O–H groups in total. The van der Waals surface area contributed by atoms with Gasteiger partial charge in [-0.05, 0) is 0 Å². The summed E-state index contributed by atoms with van der Waals surface area (Å²) in [5.74, 6) is 0. The van der Waals surface area contributed by atoms with Crippen molar-refractivity contribution in [1.82, 2.24) is 0 Å². The van der Waals surface area contributed by atoms with E-state index in [-0.39, 0.29) is 0 Å². The van der Waals surface area contributed by atoms with Crippen molar-refractivity contribution in [2.45, 2.75) is 0 Å². The van der Waals surface area contributed by atoms with Crippen molar-refractivity contribution in [3.63, 3.8) is 0 Å². The molecule has 0 bridgehead atoms. The molecule has 21 valence electrons. The van der Waals surface area contributed by atoms with E-state index in [1.165, 1.54) is 6.08 Å². The van der Waals surface area contributed by atoms with Gasteiger partial charge in [0, 0.05) is 0 Å². The predicted molar refractivity (Wildman–Crippen MR) is 13.5 cm³/mol. The average Bonchev–Trinajstić information content (AvgIpc) is 1.37. The molecular formula is C2H2NO. The molecule has 1 radical (unpaired) electrons. The van der Waals surface area contributed by atoms with E-state index < -0.39 is 0 Å². The van der Waals surface area contributed by atoms with Crippen LogP contribution >= 0.6 is 0 Å². The number of carbonyl (C=O) groups excluding carboxylic acids is 1. The highest BCUT2D eigenvalue weighted by molar-refractivity contribution is 5.32. The average molecular weight is 58.0 g/mol. The van der Waals surface area contributed by atoms with Crippen LogP contribution < -0.4 is 0 Å². The van der Waals surface area contributed by atoms with E-state index in [2.05, 4.69) is 12.0 Å². The second-order valence-corrected chi connectivity index (χ2v) is 0.249.